The summed E-state index contributed by atoms with van der Waals surface area (Å²) < 4.78 is 5.58. The molecule has 0 aromatic carbocycles. The van der Waals surface area contributed by atoms with Crippen molar-refractivity contribution in [3.8, 4) is 0 Å². The summed E-state index contributed by atoms with van der Waals surface area (Å²) in [6.07, 6.45) is 4.01. The maximum atomic E-state index is 5.58. The fourth-order valence-corrected chi connectivity index (χ4v) is 2.86. The van der Waals surface area contributed by atoms with Crippen LogP contribution in [0.5, 0.6) is 0 Å². The summed E-state index contributed by atoms with van der Waals surface area (Å²) in [7, 11) is 0. The van der Waals surface area contributed by atoms with E-state index in [1.54, 1.807) is 0 Å². The van der Waals surface area contributed by atoms with Crippen LogP contribution in [0.3, 0.4) is 0 Å². The zero-order chi connectivity index (χ0) is 11.6. The van der Waals surface area contributed by atoms with E-state index >= 15 is 0 Å². The molecule has 0 saturated carbocycles. The topological polar surface area (TPSA) is 24.5 Å². The summed E-state index contributed by atoms with van der Waals surface area (Å²) in [6.45, 7) is 12.1. The molecule has 2 aliphatic heterocycles. The Labute approximate surface area is 99.5 Å². The van der Waals surface area contributed by atoms with Gasteiger partial charge >= 0.3 is 0 Å². The van der Waals surface area contributed by atoms with Crippen LogP contribution in [0.15, 0.2) is 0 Å². The first-order valence-corrected chi connectivity index (χ1v) is 6.60. The van der Waals surface area contributed by atoms with Gasteiger partial charge in [0, 0.05) is 24.2 Å². The van der Waals surface area contributed by atoms with Crippen LogP contribution < -0.4 is 5.32 Å². The lowest BCUT2D eigenvalue weighted by Crippen LogP contribution is -2.61. The zero-order valence-corrected chi connectivity index (χ0v) is 11.0. The third-order valence-electron chi connectivity index (χ3n) is 4.06. The van der Waals surface area contributed by atoms with Crippen molar-refractivity contribution in [3.05, 3.63) is 0 Å². The van der Waals surface area contributed by atoms with E-state index in [0.717, 1.165) is 26.3 Å². The summed E-state index contributed by atoms with van der Waals surface area (Å²) >= 11 is 0. The number of rotatable bonds is 2. The normalized spacial score (nSPS) is 36.2. The molecule has 2 fully saturated rings. The van der Waals surface area contributed by atoms with Gasteiger partial charge in [0.25, 0.3) is 0 Å². The lowest BCUT2D eigenvalue weighted by Gasteiger charge is -2.47. The van der Waals surface area contributed by atoms with Crippen LogP contribution in [-0.4, -0.2) is 48.8 Å². The second-order valence-electron chi connectivity index (χ2n) is 6.23. The Bertz CT molecular complexity index is 234. The SMILES string of the molecule is CC1(CN2CCOCC2(C)C)CCCCN1. The van der Waals surface area contributed by atoms with Crippen molar-refractivity contribution in [2.75, 3.05) is 32.8 Å². The van der Waals surface area contributed by atoms with E-state index in [-0.39, 0.29) is 5.54 Å². The maximum absolute atomic E-state index is 5.58. The quantitative estimate of drug-likeness (QED) is 0.774. The van der Waals surface area contributed by atoms with E-state index in [9.17, 15) is 0 Å². The minimum absolute atomic E-state index is 0.195. The van der Waals surface area contributed by atoms with Crippen molar-refractivity contribution in [3.63, 3.8) is 0 Å². The van der Waals surface area contributed by atoms with E-state index in [1.165, 1.54) is 25.8 Å². The largest absolute Gasteiger partial charge is 0.378 e. The third kappa shape index (κ3) is 2.76. The number of hydrogen-bond acceptors (Lipinski definition) is 3. The van der Waals surface area contributed by atoms with Gasteiger partial charge in [0.1, 0.15) is 0 Å². The maximum Gasteiger partial charge on any atom is 0.0645 e. The van der Waals surface area contributed by atoms with E-state index < -0.39 is 0 Å². The highest BCUT2D eigenvalue weighted by molar-refractivity contribution is 4.94. The van der Waals surface area contributed by atoms with Crippen LogP contribution in [0.1, 0.15) is 40.0 Å². The van der Waals surface area contributed by atoms with Gasteiger partial charge in [-0.3, -0.25) is 4.90 Å². The molecule has 1 N–H and O–H groups in total. The number of ether oxygens (including phenoxy) is 1. The standard InChI is InChI=1S/C13H26N2O/c1-12(2)11-16-9-8-15(12)10-13(3)6-4-5-7-14-13/h14H,4-11H2,1-3H3. The van der Waals surface area contributed by atoms with Crippen LogP contribution in [-0.2, 0) is 4.74 Å². The molecule has 16 heavy (non-hydrogen) atoms. The van der Waals surface area contributed by atoms with E-state index in [2.05, 4.69) is 31.0 Å². The van der Waals surface area contributed by atoms with Crippen molar-refractivity contribution in [1.29, 1.82) is 0 Å². The average molecular weight is 226 g/mol. The molecule has 2 heterocycles. The Morgan fingerprint density at radius 2 is 2.06 bits per heavy atom. The first-order chi connectivity index (χ1) is 7.52. The lowest BCUT2D eigenvalue weighted by molar-refractivity contribution is -0.0627. The number of morpholine rings is 1. The van der Waals surface area contributed by atoms with Gasteiger partial charge in [-0.15, -0.1) is 0 Å². The second kappa shape index (κ2) is 4.63. The molecule has 0 radical (unpaired) electrons. The highest BCUT2D eigenvalue weighted by atomic mass is 16.5. The van der Waals surface area contributed by atoms with Crippen molar-refractivity contribution in [2.45, 2.75) is 51.1 Å². The Morgan fingerprint density at radius 1 is 1.25 bits per heavy atom. The Hall–Kier alpha value is -0.120. The molecular formula is C13H26N2O. The predicted octanol–water partition coefficient (Wildman–Crippen LogP) is 1.63. The number of nitrogens with one attached hydrogen (secondary N) is 1. The molecule has 0 spiro atoms. The molecule has 1 unspecified atom stereocenters. The minimum atomic E-state index is 0.195. The molecule has 0 bridgehead atoms. The summed E-state index contributed by atoms with van der Waals surface area (Å²) in [5.41, 5.74) is 0.507. The van der Waals surface area contributed by atoms with Crippen LogP contribution in [0.4, 0.5) is 0 Å². The van der Waals surface area contributed by atoms with E-state index in [1.807, 2.05) is 0 Å². The highest BCUT2D eigenvalue weighted by Gasteiger charge is 2.36. The van der Waals surface area contributed by atoms with Crippen LogP contribution >= 0.6 is 0 Å². The minimum Gasteiger partial charge on any atom is -0.378 e. The highest BCUT2D eigenvalue weighted by Crippen LogP contribution is 2.25. The molecule has 1 atom stereocenters. The second-order valence-corrected chi connectivity index (χ2v) is 6.23. The molecule has 2 aliphatic rings. The van der Waals surface area contributed by atoms with Crippen molar-refractivity contribution in [2.24, 2.45) is 0 Å². The number of piperidine rings is 1. The molecule has 0 aromatic rings. The monoisotopic (exact) mass is 226 g/mol. The molecule has 0 aromatic heterocycles. The van der Waals surface area contributed by atoms with Crippen molar-refractivity contribution >= 4 is 0 Å². The summed E-state index contributed by atoms with van der Waals surface area (Å²) in [5, 5.41) is 3.70. The molecule has 0 amide bonds. The summed E-state index contributed by atoms with van der Waals surface area (Å²) in [5.74, 6) is 0. The smallest absolute Gasteiger partial charge is 0.0645 e. The lowest BCUT2D eigenvalue weighted by atomic mass is 9.88. The fourth-order valence-electron chi connectivity index (χ4n) is 2.86. The molecule has 2 saturated heterocycles. The first kappa shape index (κ1) is 12.3. The van der Waals surface area contributed by atoms with E-state index in [4.69, 9.17) is 4.74 Å². The third-order valence-corrected chi connectivity index (χ3v) is 4.06. The Morgan fingerprint density at radius 3 is 2.69 bits per heavy atom. The number of hydrogen-bond donors (Lipinski definition) is 1. The van der Waals surface area contributed by atoms with Crippen molar-refractivity contribution < 1.29 is 4.74 Å². The Balaban J connectivity index is 1.96. The van der Waals surface area contributed by atoms with Gasteiger partial charge in [-0.1, -0.05) is 6.42 Å². The van der Waals surface area contributed by atoms with Gasteiger partial charge < -0.3 is 10.1 Å². The van der Waals surface area contributed by atoms with Gasteiger partial charge in [-0.05, 0) is 40.2 Å². The molecule has 0 aliphatic carbocycles. The first-order valence-electron chi connectivity index (χ1n) is 6.60. The van der Waals surface area contributed by atoms with Crippen LogP contribution in [0.25, 0.3) is 0 Å². The molecule has 3 heteroatoms. The molecule has 2 rings (SSSR count). The van der Waals surface area contributed by atoms with Crippen LogP contribution in [0, 0.1) is 0 Å². The van der Waals surface area contributed by atoms with Crippen LogP contribution in [0.2, 0.25) is 0 Å². The van der Waals surface area contributed by atoms with Gasteiger partial charge in [0.15, 0.2) is 0 Å². The van der Waals surface area contributed by atoms with Gasteiger partial charge in [0.05, 0.1) is 13.2 Å². The predicted molar refractivity (Wildman–Crippen MR) is 66.7 cm³/mol. The molecule has 3 nitrogen and oxygen atoms in total. The van der Waals surface area contributed by atoms with Crippen molar-refractivity contribution in [1.82, 2.24) is 10.2 Å². The average Bonchev–Trinajstić information content (AvgIpc) is 2.22. The van der Waals surface area contributed by atoms with E-state index in [0.29, 0.717) is 5.54 Å². The molecule has 94 valence electrons. The summed E-state index contributed by atoms with van der Waals surface area (Å²) in [6, 6.07) is 0. The van der Waals surface area contributed by atoms with Gasteiger partial charge in [-0.25, -0.2) is 0 Å². The Kier molecular flexibility index (Phi) is 3.57. The fraction of sp³-hybridized carbons (Fsp3) is 1.00. The zero-order valence-electron chi connectivity index (χ0n) is 11.0. The molecular weight excluding hydrogens is 200 g/mol. The van der Waals surface area contributed by atoms with Gasteiger partial charge in [-0.2, -0.15) is 0 Å². The van der Waals surface area contributed by atoms with Gasteiger partial charge in [0.2, 0.25) is 0 Å². The summed E-state index contributed by atoms with van der Waals surface area (Å²) in [4.78, 5) is 2.59. The number of nitrogens with zero attached hydrogens (tertiary/aromatic N) is 1.